The molecule has 0 aliphatic heterocycles. The first-order valence-electron chi connectivity index (χ1n) is 6.06. The fraction of sp³-hybridized carbons (Fsp3) is 0.583. The average Bonchev–Trinajstić information content (AvgIpc) is 2.77. The van der Waals surface area contributed by atoms with Crippen LogP contribution in [-0.2, 0) is 10.0 Å². The van der Waals surface area contributed by atoms with E-state index in [0.717, 1.165) is 25.7 Å². The van der Waals surface area contributed by atoms with Crippen molar-refractivity contribution in [1.82, 2.24) is 4.72 Å². The SMILES string of the molecule is CCC1(CNS(=O)(=O)c2ccc(C=O)o2)CCC1. The maximum Gasteiger partial charge on any atom is 0.273 e. The number of carbonyl (C=O) groups excluding carboxylic acids is 1. The van der Waals surface area contributed by atoms with Crippen LogP contribution in [0.1, 0.15) is 43.2 Å². The Morgan fingerprint density at radius 2 is 2.17 bits per heavy atom. The number of hydrogen-bond donors (Lipinski definition) is 1. The van der Waals surface area contributed by atoms with Crippen molar-refractivity contribution in [3.05, 3.63) is 17.9 Å². The monoisotopic (exact) mass is 271 g/mol. The van der Waals surface area contributed by atoms with Gasteiger partial charge in [-0.1, -0.05) is 13.3 Å². The summed E-state index contributed by atoms with van der Waals surface area (Å²) in [6.07, 6.45) is 4.73. The lowest BCUT2D eigenvalue weighted by molar-refractivity contribution is 0.109. The normalized spacial score (nSPS) is 18.3. The molecular weight excluding hydrogens is 254 g/mol. The van der Waals surface area contributed by atoms with Crippen molar-refractivity contribution in [2.75, 3.05) is 6.54 Å². The summed E-state index contributed by atoms with van der Waals surface area (Å²) in [5.41, 5.74) is 0.104. The van der Waals surface area contributed by atoms with Crippen LogP contribution in [0.2, 0.25) is 0 Å². The predicted molar refractivity (Wildman–Crippen MR) is 65.9 cm³/mol. The molecule has 0 unspecified atom stereocenters. The summed E-state index contributed by atoms with van der Waals surface area (Å²) in [5.74, 6) is 0.0178. The number of nitrogens with one attached hydrogen (secondary N) is 1. The van der Waals surface area contributed by atoms with E-state index in [9.17, 15) is 13.2 Å². The minimum Gasteiger partial charge on any atom is -0.440 e. The van der Waals surface area contributed by atoms with Crippen molar-refractivity contribution in [1.29, 1.82) is 0 Å². The minimum absolute atomic E-state index is 0.0178. The Kier molecular flexibility index (Phi) is 3.59. The zero-order valence-corrected chi connectivity index (χ0v) is 11.1. The van der Waals surface area contributed by atoms with Gasteiger partial charge in [-0.2, -0.15) is 0 Å². The minimum atomic E-state index is -3.64. The molecule has 18 heavy (non-hydrogen) atoms. The number of sulfonamides is 1. The summed E-state index contributed by atoms with van der Waals surface area (Å²) in [6, 6.07) is 2.64. The zero-order chi connectivity index (χ0) is 13.2. The van der Waals surface area contributed by atoms with E-state index >= 15 is 0 Å². The second-order valence-electron chi connectivity index (χ2n) is 4.81. The molecule has 0 saturated heterocycles. The van der Waals surface area contributed by atoms with E-state index in [2.05, 4.69) is 11.6 Å². The Labute approximate surface area is 107 Å². The Morgan fingerprint density at radius 3 is 2.61 bits per heavy atom. The van der Waals surface area contributed by atoms with Crippen LogP contribution in [0.15, 0.2) is 21.6 Å². The van der Waals surface area contributed by atoms with Crippen molar-refractivity contribution in [3.63, 3.8) is 0 Å². The van der Waals surface area contributed by atoms with E-state index in [1.54, 1.807) is 0 Å². The maximum absolute atomic E-state index is 11.9. The highest BCUT2D eigenvalue weighted by Crippen LogP contribution is 2.43. The summed E-state index contributed by atoms with van der Waals surface area (Å²) >= 11 is 0. The zero-order valence-electron chi connectivity index (χ0n) is 10.3. The Bertz CT molecular complexity index is 523. The van der Waals surface area contributed by atoms with Gasteiger partial charge in [-0.3, -0.25) is 4.79 Å². The number of rotatable bonds is 6. The maximum atomic E-state index is 11.9. The molecule has 1 N–H and O–H groups in total. The summed E-state index contributed by atoms with van der Waals surface area (Å²) in [5, 5.41) is -0.199. The van der Waals surface area contributed by atoms with Gasteiger partial charge in [0.15, 0.2) is 12.0 Å². The highest BCUT2D eigenvalue weighted by atomic mass is 32.2. The molecule has 1 heterocycles. The van der Waals surface area contributed by atoms with Crippen LogP contribution in [0.5, 0.6) is 0 Å². The first-order chi connectivity index (χ1) is 8.51. The van der Waals surface area contributed by atoms with Crippen LogP contribution in [0.3, 0.4) is 0 Å². The summed E-state index contributed by atoms with van der Waals surface area (Å²) in [4.78, 5) is 10.5. The van der Waals surface area contributed by atoms with E-state index in [1.165, 1.54) is 12.1 Å². The average molecular weight is 271 g/mol. The highest BCUT2D eigenvalue weighted by Gasteiger charge is 2.36. The quantitative estimate of drug-likeness (QED) is 0.802. The number of aldehydes is 1. The molecule has 5 nitrogen and oxygen atoms in total. The molecule has 0 radical (unpaired) electrons. The second-order valence-corrected chi connectivity index (χ2v) is 6.50. The molecule has 0 bridgehead atoms. The largest absolute Gasteiger partial charge is 0.440 e. The van der Waals surface area contributed by atoms with Gasteiger partial charge in [-0.15, -0.1) is 0 Å². The van der Waals surface area contributed by atoms with Crippen molar-refractivity contribution >= 4 is 16.3 Å². The van der Waals surface area contributed by atoms with Crippen LogP contribution in [0.25, 0.3) is 0 Å². The molecule has 0 amide bonds. The third-order valence-corrected chi connectivity index (χ3v) is 5.06. The number of hydrogen-bond acceptors (Lipinski definition) is 4. The molecule has 0 atom stereocenters. The smallest absolute Gasteiger partial charge is 0.273 e. The molecule has 2 rings (SSSR count). The standard InChI is InChI=1S/C12H17NO4S/c1-2-12(6-3-7-12)9-13-18(15,16)11-5-4-10(8-14)17-11/h4-5,8,13H,2-3,6-7,9H2,1H3. The van der Waals surface area contributed by atoms with Crippen molar-refractivity contribution in [2.45, 2.75) is 37.7 Å². The van der Waals surface area contributed by atoms with Gasteiger partial charge in [0.1, 0.15) is 0 Å². The summed E-state index contributed by atoms with van der Waals surface area (Å²) in [7, 11) is -3.64. The second kappa shape index (κ2) is 4.85. The van der Waals surface area contributed by atoms with Gasteiger partial charge in [-0.05, 0) is 36.8 Å². The van der Waals surface area contributed by atoms with E-state index < -0.39 is 10.0 Å². The van der Waals surface area contributed by atoms with Gasteiger partial charge < -0.3 is 4.42 Å². The van der Waals surface area contributed by atoms with Gasteiger partial charge in [0.05, 0.1) is 0 Å². The van der Waals surface area contributed by atoms with E-state index in [4.69, 9.17) is 4.42 Å². The van der Waals surface area contributed by atoms with Gasteiger partial charge in [0, 0.05) is 6.54 Å². The third-order valence-electron chi connectivity index (χ3n) is 3.78. The van der Waals surface area contributed by atoms with E-state index in [0.29, 0.717) is 12.8 Å². The fourth-order valence-corrected chi connectivity index (χ4v) is 3.29. The van der Waals surface area contributed by atoms with Gasteiger partial charge >= 0.3 is 0 Å². The van der Waals surface area contributed by atoms with Gasteiger partial charge in [0.2, 0.25) is 5.09 Å². The van der Waals surface area contributed by atoms with Crippen molar-refractivity contribution < 1.29 is 17.6 Å². The lowest BCUT2D eigenvalue weighted by Crippen LogP contribution is -2.41. The number of carbonyl (C=O) groups is 1. The predicted octanol–water partition coefficient (Wildman–Crippen LogP) is 1.95. The highest BCUT2D eigenvalue weighted by molar-refractivity contribution is 7.89. The molecule has 6 heteroatoms. The molecular formula is C12H17NO4S. The fourth-order valence-electron chi connectivity index (χ4n) is 2.19. The first-order valence-corrected chi connectivity index (χ1v) is 7.54. The molecule has 0 aromatic carbocycles. The molecule has 1 aliphatic rings. The Morgan fingerprint density at radius 1 is 1.44 bits per heavy atom. The summed E-state index contributed by atoms with van der Waals surface area (Å²) < 4.78 is 31.4. The van der Waals surface area contributed by atoms with Crippen LogP contribution >= 0.6 is 0 Å². The van der Waals surface area contributed by atoms with Crippen molar-refractivity contribution in [3.8, 4) is 0 Å². The topological polar surface area (TPSA) is 76.4 Å². The Hall–Kier alpha value is -1.14. The lowest BCUT2D eigenvalue weighted by Gasteiger charge is -2.41. The van der Waals surface area contributed by atoms with Crippen LogP contribution in [0, 0.1) is 5.41 Å². The summed E-state index contributed by atoms with van der Waals surface area (Å²) in [6.45, 7) is 2.51. The molecule has 1 aromatic heterocycles. The molecule has 1 fully saturated rings. The van der Waals surface area contributed by atoms with Crippen LogP contribution < -0.4 is 4.72 Å². The van der Waals surface area contributed by atoms with Gasteiger partial charge in [0.25, 0.3) is 10.0 Å². The Balaban J connectivity index is 2.05. The number of furan rings is 1. The first kappa shape index (κ1) is 13.3. The molecule has 100 valence electrons. The van der Waals surface area contributed by atoms with Crippen molar-refractivity contribution in [2.24, 2.45) is 5.41 Å². The molecule has 1 saturated carbocycles. The molecule has 0 spiro atoms. The van der Waals surface area contributed by atoms with E-state index in [-0.39, 0.29) is 16.3 Å². The third kappa shape index (κ3) is 2.49. The van der Waals surface area contributed by atoms with Gasteiger partial charge in [-0.25, -0.2) is 13.1 Å². The van der Waals surface area contributed by atoms with Crippen LogP contribution in [-0.4, -0.2) is 21.2 Å². The van der Waals surface area contributed by atoms with E-state index in [1.807, 2.05) is 0 Å². The lowest BCUT2D eigenvalue weighted by atomic mass is 9.67. The molecule has 1 aliphatic carbocycles. The van der Waals surface area contributed by atoms with Crippen LogP contribution in [0.4, 0.5) is 0 Å². The molecule has 1 aromatic rings.